The maximum absolute atomic E-state index is 12.5. The highest BCUT2D eigenvalue weighted by Crippen LogP contribution is 2.29. The molecule has 0 saturated carbocycles. The number of ether oxygens (including phenoxy) is 1. The summed E-state index contributed by atoms with van der Waals surface area (Å²) in [5.74, 6) is 0.00294. The third-order valence-electron chi connectivity index (χ3n) is 3.66. The van der Waals surface area contributed by atoms with Crippen molar-refractivity contribution < 1.29 is 27.5 Å². The van der Waals surface area contributed by atoms with Gasteiger partial charge in [0.1, 0.15) is 5.82 Å². The summed E-state index contributed by atoms with van der Waals surface area (Å²) in [7, 11) is 0. The van der Waals surface area contributed by atoms with E-state index in [0.717, 1.165) is 12.3 Å². The zero-order valence-corrected chi connectivity index (χ0v) is 13.7. The van der Waals surface area contributed by atoms with Crippen LogP contribution in [0.25, 0.3) is 0 Å². The van der Waals surface area contributed by atoms with Gasteiger partial charge in [-0.2, -0.15) is 13.2 Å². The van der Waals surface area contributed by atoms with E-state index in [0.29, 0.717) is 32.0 Å². The Morgan fingerprint density at radius 1 is 1.24 bits per heavy atom. The van der Waals surface area contributed by atoms with E-state index in [2.05, 4.69) is 15.0 Å². The number of alkyl carbamates (subject to hydrolysis) is 1. The summed E-state index contributed by atoms with van der Waals surface area (Å²) in [6.45, 7) is 3.96. The molecule has 0 atom stereocenters. The van der Waals surface area contributed by atoms with Crippen LogP contribution in [0.3, 0.4) is 0 Å². The predicted molar refractivity (Wildman–Crippen MR) is 83.1 cm³/mol. The molecule has 7 nitrogen and oxygen atoms in total. The smallest absolute Gasteiger partial charge is 0.417 e. The first-order chi connectivity index (χ1) is 11.8. The highest BCUT2D eigenvalue weighted by molar-refractivity contribution is 5.92. The molecule has 25 heavy (non-hydrogen) atoms. The van der Waals surface area contributed by atoms with Crippen LogP contribution in [0.5, 0.6) is 0 Å². The van der Waals surface area contributed by atoms with Gasteiger partial charge in [0.25, 0.3) is 0 Å². The molecule has 0 spiro atoms. The van der Waals surface area contributed by atoms with E-state index in [-0.39, 0.29) is 13.2 Å². The molecule has 2 rings (SSSR count). The number of carbonyl (C=O) groups is 2. The standard InChI is InChI=1S/C15H19F3N4O3/c1-2-25-14(24)20-13(23)10-21-5-7-22(8-6-21)12-4-3-11(9-19-12)15(16,17)18/h3-4,9H,2,5-8,10H2,1H3,(H,20,23,24). The highest BCUT2D eigenvalue weighted by atomic mass is 19.4. The average Bonchev–Trinajstić information content (AvgIpc) is 2.55. The van der Waals surface area contributed by atoms with Gasteiger partial charge in [0.05, 0.1) is 18.7 Å². The summed E-state index contributed by atoms with van der Waals surface area (Å²) in [5, 5.41) is 2.12. The molecule has 10 heteroatoms. The Kier molecular flexibility index (Phi) is 6.18. The van der Waals surface area contributed by atoms with Crippen LogP contribution in [0, 0.1) is 0 Å². The first-order valence-electron chi connectivity index (χ1n) is 7.76. The number of aromatic nitrogens is 1. The van der Waals surface area contributed by atoms with E-state index >= 15 is 0 Å². The number of piperazine rings is 1. The molecule has 0 aromatic carbocycles. The van der Waals surface area contributed by atoms with Gasteiger partial charge >= 0.3 is 12.3 Å². The lowest BCUT2D eigenvalue weighted by Gasteiger charge is -2.34. The molecule has 1 saturated heterocycles. The van der Waals surface area contributed by atoms with E-state index in [9.17, 15) is 22.8 Å². The molecule has 1 aliphatic rings. The van der Waals surface area contributed by atoms with Crippen molar-refractivity contribution in [3.63, 3.8) is 0 Å². The van der Waals surface area contributed by atoms with Crippen LogP contribution in [0.15, 0.2) is 18.3 Å². The largest absolute Gasteiger partial charge is 0.450 e. The number of halogens is 3. The predicted octanol–water partition coefficient (Wildman–Crippen LogP) is 1.50. The molecular weight excluding hydrogens is 341 g/mol. The molecular formula is C15H19F3N4O3. The fraction of sp³-hybridized carbons (Fsp3) is 0.533. The van der Waals surface area contributed by atoms with Crippen molar-refractivity contribution in [2.45, 2.75) is 13.1 Å². The van der Waals surface area contributed by atoms with Crippen molar-refractivity contribution in [1.82, 2.24) is 15.2 Å². The molecule has 1 aliphatic heterocycles. The maximum atomic E-state index is 12.5. The topological polar surface area (TPSA) is 74.8 Å². The first-order valence-corrected chi connectivity index (χ1v) is 7.76. The zero-order chi connectivity index (χ0) is 18.4. The Bertz CT molecular complexity index is 599. The molecule has 1 aromatic heterocycles. The van der Waals surface area contributed by atoms with Crippen LogP contribution in [0.2, 0.25) is 0 Å². The minimum Gasteiger partial charge on any atom is -0.450 e. The lowest BCUT2D eigenvalue weighted by Crippen LogP contribution is -2.50. The summed E-state index contributed by atoms with van der Waals surface area (Å²) in [5.41, 5.74) is -0.787. The van der Waals surface area contributed by atoms with E-state index in [1.165, 1.54) is 6.07 Å². The van der Waals surface area contributed by atoms with Crippen molar-refractivity contribution in [1.29, 1.82) is 0 Å². The van der Waals surface area contributed by atoms with Crippen LogP contribution in [0.1, 0.15) is 12.5 Å². The van der Waals surface area contributed by atoms with Crippen molar-refractivity contribution in [3.8, 4) is 0 Å². The fourth-order valence-electron chi connectivity index (χ4n) is 2.40. The molecule has 138 valence electrons. The Balaban J connectivity index is 1.81. The van der Waals surface area contributed by atoms with Crippen LogP contribution in [-0.4, -0.2) is 61.2 Å². The van der Waals surface area contributed by atoms with Crippen LogP contribution in [-0.2, 0) is 15.7 Å². The first kappa shape index (κ1) is 19.0. The van der Waals surface area contributed by atoms with E-state index in [4.69, 9.17) is 0 Å². The lowest BCUT2D eigenvalue weighted by atomic mass is 10.2. The number of hydrogen-bond donors (Lipinski definition) is 1. The van der Waals surface area contributed by atoms with Gasteiger partial charge in [-0.3, -0.25) is 15.0 Å². The van der Waals surface area contributed by atoms with Gasteiger partial charge < -0.3 is 9.64 Å². The summed E-state index contributed by atoms with van der Waals surface area (Å²) >= 11 is 0. The van der Waals surface area contributed by atoms with E-state index in [1.54, 1.807) is 6.92 Å². The minimum atomic E-state index is -4.41. The number of hydrogen-bond acceptors (Lipinski definition) is 6. The Labute approximate surface area is 142 Å². The molecule has 2 heterocycles. The van der Waals surface area contributed by atoms with Crippen molar-refractivity contribution >= 4 is 17.8 Å². The average molecular weight is 360 g/mol. The Morgan fingerprint density at radius 2 is 1.92 bits per heavy atom. The van der Waals surface area contributed by atoms with E-state index in [1.807, 2.05) is 9.80 Å². The molecule has 0 aliphatic carbocycles. The molecule has 1 aromatic rings. The Hall–Kier alpha value is -2.36. The van der Waals surface area contributed by atoms with Gasteiger partial charge in [-0.05, 0) is 19.1 Å². The molecule has 1 N–H and O–H groups in total. The van der Waals surface area contributed by atoms with Crippen molar-refractivity contribution in [2.75, 3.05) is 44.2 Å². The van der Waals surface area contributed by atoms with Crippen LogP contribution < -0.4 is 10.2 Å². The monoisotopic (exact) mass is 360 g/mol. The number of amides is 2. The summed E-state index contributed by atoms with van der Waals surface area (Å²) in [6, 6.07) is 2.34. The van der Waals surface area contributed by atoms with Crippen LogP contribution >= 0.6 is 0 Å². The minimum absolute atomic E-state index is 0.0487. The van der Waals surface area contributed by atoms with Gasteiger partial charge in [-0.25, -0.2) is 9.78 Å². The summed E-state index contributed by atoms with van der Waals surface area (Å²) in [6.07, 6.45) is -4.37. The van der Waals surface area contributed by atoms with Gasteiger partial charge in [0.15, 0.2) is 0 Å². The lowest BCUT2D eigenvalue weighted by molar-refractivity contribution is -0.137. The normalized spacial score (nSPS) is 15.8. The number of alkyl halides is 3. The number of nitrogens with zero attached hydrogens (tertiary/aromatic N) is 3. The number of nitrogens with one attached hydrogen (secondary N) is 1. The molecule has 0 bridgehead atoms. The van der Waals surface area contributed by atoms with Crippen molar-refractivity contribution in [2.24, 2.45) is 0 Å². The third kappa shape index (κ3) is 5.59. The second-order valence-electron chi connectivity index (χ2n) is 5.43. The van der Waals surface area contributed by atoms with Gasteiger partial charge in [-0.15, -0.1) is 0 Å². The van der Waals surface area contributed by atoms with Crippen LogP contribution in [0.4, 0.5) is 23.8 Å². The molecule has 0 unspecified atom stereocenters. The quantitative estimate of drug-likeness (QED) is 0.877. The number of rotatable bonds is 4. The van der Waals surface area contributed by atoms with Gasteiger partial charge in [0, 0.05) is 32.4 Å². The maximum Gasteiger partial charge on any atom is 0.417 e. The Morgan fingerprint density at radius 3 is 2.44 bits per heavy atom. The number of carbonyl (C=O) groups excluding carboxylic acids is 2. The number of anilines is 1. The number of pyridine rings is 1. The van der Waals surface area contributed by atoms with E-state index < -0.39 is 23.7 Å². The molecule has 0 radical (unpaired) electrons. The van der Waals surface area contributed by atoms with Gasteiger partial charge in [0.2, 0.25) is 5.91 Å². The summed E-state index contributed by atoms with van der Waals surface area (Å²) < 4.78 is 42.3. The van der Waals surface area contributed by atoms with Gasteiger partial charge in [-0.1, -0.05) is 0 Å². The second kappa shape index (κ2) is 8.15. The third-order valence-corrected chi connectivity index (χ3v) is 3.66. The highest BCUT2D eigenvalue weighted by Gasteiger charge is 2.31. The second-order valence-corrected chi connectivity index (χ2v) is 5.43. The van der Waals surface area contributed by atoms with Crippen molar-refractivity contribution in [3.05, 3.63) is 23.9 Å². The number of imide groups is 1. The fourth-order valence-corrected chi connectivity index (χ4v) is 2.40. The SMILES string of the molecule is CCOC(=O)NC(=O)CN1CCN(c2ccc(C(F)(F)F)cn2)CC1. The molecule has 2 amide bonds. The molecule has 1 fully saturated rings. The zero-order valence-electron chi connectivity index (χ0n) is 13.7. The summed E-state index contributed by atoms with van der Waals surface area (Å²) in [4.78, 5) is 30.4.